The Bertz CT molecular complexity index is 1160. The third kappa shape index (κ3) is 2.90. The Kier molecular flexibility index (Phi) is 4.07. The molecule has 8 heteroatoms. The van der Waals surface area contributed by atoms with Crippen molar-refractivity contribution in [2.75, 3.05) is 5.73 Å². The summed E-state index contributed by atoms with van der Waals surface area (Å²) >= 11 is 0. The Balaban J connectivity index is 1.48. The van der Waals surface area contributed by atoms with Gasteiger partial charge in [0, 0.05) is 24.1 Å². The van der Waals surface area contributed by atoms with Gasteiger partial charge in [-0.2, -0.15) is 5.26 Å². The van der Waals surface area contributed by atoms with Crippen molar-refractivity contribution < 1.29 is 14.4 Å². The van der Waals surface area contributed by atoms with E-state index >= 15 is 0 Å². The van der Waals surface area contributed by atoms with Crippen molar-refractivity contribution in [3.63, 3.8) is 0 Å². The Labute approximate surface area is 172 Å². The first kappa shape index (κ1) is 18.3. The zero-order valence-electron chi connectivity index (χ0n) is 16.1. The average molecular weight is 401 g/mol. The van der Waals surface area contributed by atoms with Crippen LogP contribution in [0.5, 0.6) is 0 Å². The van der Waals surface area contributed by atoms with Gasteiger partial charge in [0.1, 0.15) is 17.9 Å². The van der Waals surface area contributed by atoms with Crippen LogP contribution in [0.3, 0.4) is 0 Å². The van der Waals surface area contributed by atoms with E-state index in [0.717, 1.165) is 24.0 Å². The van der Waals surface area contributed by atoms with Crippen molar-refractivity contribution in [2.45, 2.75) is 44.2 Å². The summed E-state index contributed by atoms with van der Waals surface area (Å²) in [4.78, 5) is 42.5. The highest BCUT2D eigenvalue weighted by molar-refractivity contribution is 6.05. The van der Waals surface area contributed by atoms with Gasteiger partial charge in [0.15, 0.2) is 0 Å². The molecule has 3 N–H and O–H groups in total. The highest BCUT2D eigenvalue weighted by Gasteiger charge is 2.39. The number of imide groups is 1. The van der Waals surface area contributed by atoms with Gasteiger partial charge >= 0.3 is 0 Å². The molecule has 2 aromatic rings. The Hall–Kier alpha value is -3.73. The highest BCUT2D eigenvalue weighted by atomic mass is 16.2. The highest BCUT2D eigenvalue weighted by Crippen LogP contribution is 2.43. The average Bonchev–Trinajstić information content (AvgIpc) is 3.52. The Morgan fingerprint density at radius 2 is 1.97 bits per heavy atom. The molecule has 0 bridgehead atoms. The number of hydrogen-bond acceptors (Lipinski definition) is 6. The van der Waals surface area contributed by atoms with Gasteiger partial charge in [-0.05, 0) is 54.5 Å². The lowest BCUT2D eigenvalue weighted by molar-refractivity contribution is -0.136. The maximum absolute atomic E-state index is 12.8. The molecule has 8 nitrogen and oxygen atoms in total. The molecular weight excluding hydrogens is 382 g/mol. The van der Waals surface area contributed by atoms with Crippen LogP contribution < -0.4 is 11.1 Å². The molecule has 0 radical (unpaired) electrons. The monoisotopic (exact) mass is 401 g/mol. The number of amides is 3. The number of anilines is 1. The summed E-state index contributed by atoms with van der Waals surface area (Å²) < 4.78 is 0. The second kappa shape index (κ2) is 6.66. The Morgan fingerprint density at radius 1 is 1.17 bits per heavy atom. The van der Waals surface area contributed by atoms with Crippen LogP contribution in [0, 0.1) is 11.3 Å². The van der Waals surface area contributed by atoms with Crippen molar-refractivity contribution in [1.29, 1.82) is 5.26 Å². The molecule has 2 aliphatic heterocycles. The van der Waals surface area contributed by atoms with Gasteiger partial charge in [0.2, 0.25) is 11.8 Å². The zero-order valence-corrected chi connectivity index (χ0v) is 16.1. The number of piperidine rings is 1. The van der Waals surface area contributed by atoms with E-state index in [1.807, 2.05) is 12.1 Å². The molecule has 3 heterocycles. The second-order valence-corrected chi connectivity index (χ2v) is 8.02. The van der Waals surface area contributed by atoms with Crippen molar-refractivity contribution in [2.24, 2.45) is 0 Å². The summed E-state index contributed by atoms with van der Waals surface area (Å²) in [6.45, 7) is 0.270. The smallest absolute Gasteiger partial charge is 0.255 e. The predicted molar refractivity (Wildman–Crippen MR) is 107 cm³/mol. The van der Waals surface area contributed by atoms with Gasteiger partial charge in [-0.15, -0.1) is 0 Å². The zero-order chi connectivity index (χ0) is 21.0. The van der Waals surface area contributed by atoms with E-state index in [2.05, 4.69) is 16.4 Å². The number of nitrogens with two attached hydrogens (primary N) is 1. The second-order valence-electron chi connectivity index (χ2n) is 8.02. The van der Waals surface area contributed by atoms with Gasteiger partial charge in [0.05, 0.1) is 11.3 Å². The van der Waals surface area contributed by atoms with Crippen molar-refractivity contribution in [1.82, 2.24) is 15.2 Å². The minimum absolute atomic E-state index is 0.212. The number of carbonyl (C=O) groups excluding carboxylic acids is 3. The third-order valence-corrected chi connectivity index (χ3v) is 6.02. The third-order valence-electron chi connectivity index (χ3n) is 6.02. The molecule has 150 valence electrons. The molecule has 1 aromatic carbocycles. The Morgan fingerprint density at radius 3 is 2.67 bits per heavy atom. The number of nitrogens with one attached hydrogen (secondary N) is 1. The molecular formula is C22H19N5O3. The van der Waals surface area contributed by atoms with Crippen LogP contribution in [0.2, 0.25) is 0 Å². The summed E-state index contributed by atoms with van der Waals surface area (Å²) in [6, 6.07) is 8.66. The number of nitrogens with zero attached hydrogens (tertiary/aromatic N) is 3. The number of nitrogen functional groups attached to an aromatic ring is 1. The van der Waals surface area contributed by atoms with Gasteiger partial charge < -0.3 is 10.6 Å². The van der Waals surface area contributed by atoms with E-state index in [0.29, 0.717) is 40.5 Å². The van der Waals surface area contributed by atoms with Crippen LogP contribution in [-0.2, 0) is 16.1 Å². The van der Waals surface area contributed by atoms with Crippen LogP contribution in [0.1, 0.15) is 58.6 Å². The van der Waals surface area contributed by atoms with Crippen LogP contribution in [0.4, 0.5) is 5.82 Å². The summed E-state index contributed by atoms with van der Waals surface area (Å²) in [5.41, 5.74) is 10.0. The molecule has 2 fully saturated rings. The van der Waals surface area contributed by atoms with E-state index in [9.17, 15) is 19.6 Å². The first-order valence-electron chi connectivity index (χ1n) is 9.94. The first-order valence-corrected chi connectivity index (χ1v) is 9.94. The van der Waals surface area contributed by atoms with Gasteiger partial charge in [-0.25, -0.2) is 4.98 Å². The number of aromatic nitrogens is 1. The normalized spacial score (nSPS) is 20.7. The fraction of sp³-hybridized carbons (Fsp3) is 0.318. The van der Waals surface area contributed by atoms with Crippen LogP contribution in [0.25, 0.3) is 11.3 Å². The van der Waals surface area contributed by atoms with Crippen molar-refractivity contribution in [3.8, 4) is 17.3 Å². The number of fused-ring (bicyclic) bond motifs is 1. The van der Waals surface area contributed by atoms with E-state index in [1.165, 1.54) is 4.90 Å². The van der Waals surface area contributed by atoms with Crippen molar-refractivity contribution in [3.05, 3.63) is 46.5 Å². The lowest BCUT2D eigenvalue weighted by Gasteiger charge is -2.29. The number of carbonyl (C=O) groups is 3. The molecule has 1 aromatic heterocycles. The largest absolute Gasteiger partial charge is 0.383 e. The quantitative estimate of drug-likeness (QED) is 0.755. The van der Waals surface area contributed by atoms with E-state index < -0.39 is 11.9 Å². The lowest BCUT2D eigenvalue weighted by atomic mass is 9.99. The van der Waals surface area contributed by atoms with E-state index in [1.54, 1.807) is 12.1 Å². The molecule has 1 saturated heterocycles. The molecule has 30 heavy (non-hydrogen) atoms. The fourth-order valence-electron chi connectivity index (χ4n) is 4.29. The molecule has 1 atom stereocenters. The summed E-state index contributed by atoms with van der Waals surface area (Å²) in [5.74, 6) is -0.163. The van der Waals surface area contributed by atoms with Gasteiger partial charge in [-0.3, -0.25) is 19.7 Å². The standard InChI is InChI=1S/C22H19N5O3/c23-9-13-8-16(11-1-2-11)20(24)26-19(13)12-3-4-15-14(7-12)10-27(22(15)30)17-5-6-18(28)25-21(17)29/h3-4,7-8,11,17H,1-2,5-6,10H2,(H2,24,26)(H,25,28,29). The first-order chi connectivity index (χ1) is 14.5. The lowest BCUT2D eigenvalue weighted by Crippen LogP contribution is -2.52. The minimum Gasteiger partial charge on any atom is -0.383 e. The van der Waals surface area contributed by atoms with Crippen LogP contribution >= 0.6 is 0 Å². The number of nitriles is 1. The number of rotatable bonds is 3. The molecule has 1 unspecified atom stereocenters. The van der Waals surface area contributed by atoms with E-state index in [4.69, 9.17) is 5.73 Å². The SMILES string of the molecule is N#Cc1cc(C2CC2)c(N)nc1-c1ccc2c(c1)CN(C1CCC(=O)NC1=O)C2=O. The number of hydrogen-bond donors (Lipinski definition) is 2. The van der Waals surface area contributed by atoms with E-state index in [-0.39, 0.29) is 24.8 Å². The van der Waals surface area contributed by atoms with Gasteiger partial charge in [0.25, 0.3) is 5.91 Å². The number of benzene rings is 1. The maximum atomic E-state index is 12.8. The molecule has 1 aliphatic carbocycles. The fourth-order valence-corrected chi connectivity index (χ4v) is 4.29. The van der Waals surface area contributed by atoms with Crippen LogP contribution in [0.15, 0.2) is 24.3 Å². The minimum atomic E-state index is -0.660. The van der Waals surface area contributed by atoms with Crippen molar-refractivity contribution >= 4 is 23.5 Å². The molecule has 3 amide bonds. The molecule has 3 aliphatic rings. The molecule has 1 saturated carbocycles. The number of pyridine rings is 1. The van der Waals surface area contributed by atoms with Gasteiger partial charge in [-0.1, -0.05) is 6.07 Å². The predicted octanol–water partition coefficient (Wildman–Crippen LogP) is 1.84. The maximum Gasteiger partial charge on any atom is 0.255 e. The van der Waals surface area contributed by atoms with Crippen LogP contribution in [-0.4, -0.2) is 33.6 Å². The molecule has 0 spiro atoms. The topological polar surface area (TPSA) is 129 Å². The summed E-state index contributed by atoms with van der Waals surface area (Å²) in [5, 5.41) is 11.9. The molecule has 5 rings (SSSR count). The summed E-state index contributed by atoms with van der Waals surface area (Å²) in [6.07, 6.45) is 2.65. The summed E-state index contributed by atoms with van der Waals surface area (Å²) in [7, 11) is 0.